The molecule has 3 aromatic heterocycles. The fraction of sp³-hybridized carbons (Fsp3) is 0.185. The first-order chi connectivity index (χ1) is 18.9. The molecule has 3 heterocycles. The number of nitrogens with one attached hydrogen (secondary N) is 1. The molecule has 5 rings (SSSR count). The van der Waals surface area contributed by atoms with Crippen LogP contribution in [0.25, 0.3) is 16.9 Å². The van der Waals surface area contributed by atoms with Crippen LogP contribution in [0.3, 0.4) is 0 Å². The molecule has 1 amide bonds. The first kappa shape index (κ1) is 27.6. The summed E-state index contributed by atoms with van der Waals surface area (Å²) in [5.74, 6) is -1.25. The van der Waals surface area contributed by atoms with Gasteiger partial charge in [0.05, 0.1) is 12.2 Å². The van der Waals surface area contributed by atoms with Crippen LogP contribution in [-0.4, -0.2) is 30.3 Å². The Morgan fingerprint density at radius 1 is 1.02 bits per heavy atom. The number of amides is 1. The summed E-state index contributed by atoms with van der Waals surface area (Å²) in [6, 6.07) is 13.3. The van der Waals surface area contributed by atoms with Gasteiger partial charge >= 0.3 is 6.18 Å². The third-order valence-corrected chi connectivity index (χ3v) is 6.78. The first-order valence-corrected chi connectivity index (χ1v) is 12.7. The van der Waals surface area contributed by atoms with Crippen molar-refractivity contribution >= 4 is 40.6 Å². The molecular formula is C27H20Cl2F4N6O. The van der Waals surface area contributed by atoms with Gasteiger partial charge in [0.1, 0.15) is 10.8 Å². The second-order valence-electron chi connectivity index (χ2n) is 9.28. The van der Waals surface area contributed by atoms with Crippen LogP contribution in [0.15, 0.2) is 60.8 Å². The van der Waals surface area contributed by atoms with Crippen LogP contribution in [0.2, 0.25) is 10.0 Å². The lowest BCUT2D eigenvalue weighted by Crippen LogP contribution is -2.16. The number of nitrogens with zero attached hydrogens (tertiary/aromatic N) is 5. The molecule has 0 saturated carbocycles. The van der Waals surface area contributed by atoms with Crippen molar-refractivity contribution in [3.8, 4) is 11.3 Å². The Bertz CT molecular complexity index is 1710. The molecule has 0 unspecified atom stereocenters. The molecule has 40 heavy (non-hydrogen) atoms. The highest BCUT2D eigenvalue weighted by Crippen LogP contribution is 2.33. The maximum atomic E-state index is 14.2. The van der Waals surface area contributed by atoms with E-state index in [1.165, 1.54) is 29.1 Å². The molecule has 0 fully saturated rings. The summed E-state index contributed by atoms with van der Waals surface area (Å²) in [6.07, 6.45) is -3.42. The minimum absolute atomic E-state index is 0.0193. The van der Waals surface area contributed by atoms with Gasteiger partial charge in [-0.2, -0.15) is 23.4 Å². The van der Waals surface area contributed by atoms with Crippen molar-refractivity contribution < 1.29 is 22.4 Å². The van der Waals surface area contributed by atoms with Gasteiger partial charge < -0.3 is 5.32 Å². The predicted octanol–water partition coefficient (Wildman–Crippen LogP) is 7.48. The van der Waals surface area contributed by atoms with Crippen LogP contribution < -0.4 is 5.32 Å². The van der Waals surface area contributed by atoms with Crippen molar-refractivity contribution in [1.29, 1.82) is 0 Å². The van der Waals surface area contributed by atoms with Crippen LogP contribution in [0.1, 0.15) is 47.1 Å². The van der Waals surface area contributed by atoms with Gasteiger partial charge in [-0.15, -0.1) is 0 Å². The van der Waals surface area contributed by atoms with E-state index in [1.807, 2.05) is 26.0 Å². The molecule has 0 bridgehead atoms. The highest BCUT2D eigenvalue weighted by molar-refractivity contribution is 6.33. The van der Waals surface area contributed by atoms with Crippen LogP contribution >= 0.6 is 23.2 Å². The molecule has 0 atom stereocenters. The number of hydrogen-bond donors (Lipinski definition) is 1. The van der Waals surface area contributed by atoms with Crippen molar-refractivity contribution in [2.24, 2.45) is 0 Å². The van der Waals surface area contributed by atoms with Crippen LogP contribution in [-0.2, 0) is 12.7 Å². The Kier molecular flexibility index (Phi) is 7.28. The van der Waals surface area contributed by atoms with Crippen LogP contribution in [0.4, 0.5) is 23.4 Å². The van der Waals surface area contributed by atoms with E-state index in [1.54, 1.807) is 12.1 Å². The monoisotopic (exact) mass is 590 g/mol. The number of alkyl halides is 3. The third-order valence-electron chi connectivity index (χ3n) is 6.15. The summed E-state index contributed by atoms with van der Waals surface area (Å²) in [5, 5.41) is 10.6. The molecule has 0 spiro atoms. The molecule has 0 radical (unpaired) electrons. The summed E-state index contributed by atoms with van der Waals surface area (Å²) in [4.78, 5) is 17.3. The van der Waals surface area contributed by atoms with Crippen LogP contribution in [0.5, 0.6) is 0 Å². The number of carbonyl (C=O) groups is 1. The van der Waals surface area contributed by atoms with Crippen molar-refractivity contribution in [3.63, 3.8) is 0 Å². The summed E-state index contributed by atoms with van der Waals surface area (Å²) < 4.78 is 57.9. The molecular weight excluding hydrogens is 571 g/mol. The van der Waals surface area contributed by atoms with Gasteiger partial charge in [-0.05, 0) is 29.7 Å². The molecule has 206 valence electrons. The summed E-state index contributed by atoms with van der Waals surface area (Å²) in [6.45, 7) is 3.95. The molecule has 5 aromatic rings. The Hall–Kier alpha value is -3.96. The molecule has 1 N–H and O–H groups in total. The molecule has 0 aliphatic rings. The van der Waals surface area contributed by atoms with Gasteiger partial charge in [-0.1, -0.05) is 67.4 Å². The lowest BCUT2D eigenvalue weighted by atomic mass is 10.0. The standard InChI is InChI=1S/C27H20Cl2F4N6O/c1-14(2)15-6-8-16(9-7-15)21-10-23(27(31,32)33)39-24(34-21)11-22(36-39)26(40)35-25-19(29)13-38(37-25)12-17-18(28)4-3-5-20(17)30/h3-11,13-14H,12H2,1-2H3,(H,35,37,40). The van der Waals surface area contributed by atoms with Crippen molar-refractivity contribution in [3.05, 3.63) is 99.2 Å². The molecule has 13 heteroatoms. The summed E-state index contributed by atoms with van der Waals surface area (Å²) in [7, 11) is 0. The largest absolute Gasteiger partial charge is 0.433 e. The van der Waals surface area contributed by atoms with Crippen molar-refractivity contribution in [2.75, 3.05) is 5.32 Å². The zero-order valence-corrected chi connectivity index (χ0v) is 22.5. The predicted molar refractivity (Wildman–Crippen MR) is 143 cm³/mol. The van der Waals surface area contributed by atoms with E-state index >= 15 is 0 Å². The second-order valence-corrected chi connectivity index (χ2v) is 10.1. The smallest absolute Gasteiger partial charge is 0.302 e. The zero-order chi connectivity index (χ0) is 28.8. The number of anilines is 1. The maximum absolute atomic E-state index is 14.2. The van der Waals surface area contributed by atoms with Gasteiger partial charge in [0.2, 0.25) is 0 Å². The SMILES string of the molecule is CC(C)c1ccc(-c2cc(C(F)(F)F)n3nc(C(=O)Nc4nn(Cc5c(F)cccc5Cl)cc4Cl)cc3n2)cc1. The number of carbonyl (C=O) groups excluding carboxylic acids is 1. The quantitative estimate of drug-likeness (QED) is 0.208. The van der Waals surface area contributed by atoms with Gasteiger partial charge in [0.15, 0.2) is 22.9 Å². The van der Waals surface area contributed by atoms with Gasteiger partial charge in [-0.3, -0.25) is 9.48 Å². The fourth-order valence-corrected chi connectivity index (χ4v) is 4.47. The van der Waals surface area contributed by atoms with Gasteiger partial charge in [-0.25, -0.2) is 13.9 Å². The Morgan fingerprint density at radius 3 is 2.40 bits per heavy atom. The number of benzene rings is 2. The topological polar surface area (TPSA) is 77.1 Å². The summed E-state index contributed by atoms with van der Waals surface area (Å²) >= 11 is 12.3. The molecule has 0 aliphatic carbocycles. The van der Waals surface area contributed by atoms with E-state index in [-0.39, 0.29) is 50.9 Å². The minimum atomic E-state index is -4.77. The van der Waals surface area contributed by atoms with Crippen molar-refractivity contribution in [2.45, 2.75) is 32.5 Å². The fourth-order valence-electron chi connectivity index (χ4n) is 4.05. The Morgan fingerprint density at radius 2 is 1.75 bits per heavy atom. The minimum Gasteiger partial charge on any atom is -0.302 e. The van der Waals surface area contributed by atoms with E-state index in [2.05, 4.69) is 20.5 Å². The number of aromatic nitrogens is 5. The highest BCUT2D eigenvalue weighted by atomic mass is 35.5. The number of fused-ring (bicyclic) bond motifs is 1. The lowest BCUT2D eigenvalue weighted by molar-refractivity contribution is -0.142. The van der Waals surface area contributed by atoms with Gasteiger partial charge in [0, 0.05) is 28.4 Å². The maximum Gasteiger partial charge on any atom is 0.433 e. The normalized spacial score (nSPS) is 11.9. The van der Waals surface area contributed by atoms with E-state index in [0.29, 0.717) is 10.1 Å². The molecule has 2 aromatic carbocycles. The van der Waals surface area contributed by atoms with E-state index in [9.17, 15) is 22.4 Å². The molecule has 0 saturated heterocycles. The number of halogens is 6. The highest BCUT2D eigenvalue weighted by Gasteiger charge is 2.35. The average molecular weight is 591 g/mol. The number of hydrogen-bond acceptors (Lipinski definition) is 4. The van der Waals surface area contributed by atoms with Crippen LogP contribution in [0, 0.1) is 5.82 Å². The molecule has 0 aliphatic heterocycles. The third kappa shape index (κ3) is 5.52. The Labute approximate surface area is 235 Å². The van der Waals surface area contributed by atoms with Crippen molar-refractivity contribution in [1.82, 2.24) is 24.4 Å². The molecule has 7 nitrogen and oxygen atoms in total. The van der Waals surface area contributed by atoms with E-state index in [4.69, 9.17) is 23.2 Å². The summed E-state index contributed by atoms with van der Waals surface area (Å²) in [5.41, 5.74) is 0.155. The average Bonchev–Trinajstić information content (AvgIpc) is 3.48. The van der Waals surface area contributed by atoms with E-state index < -0.39 is 23.6 Å². The first-order valence-electron chi connectivity index (χ1n) is 12.0. The second kappa shape index (κ2) is 10.5. The van der Waals surface area contributed by atoms with Gasteiger partial charge in [0.25, 0.3) is 5.91 Å². The van der Waals surface area contributed by atoms with E-state index in [0.717, 1.165) is 17.7 Å². The lowest BCUT2D eigenvalue weighted by Gasteiger charge is -2.11. The zero-order valence-electron chi connectivity index (χ0n) is 21.0. The Balaban J connectivity index is 1.45. The number of rotatable bonds is 6.